The number of nitrogens with zero attached hydrogens (tertiary/aromatic N) is 3. The molecule has 264 valence electrons. The number of anilines is 1. The van der Waals surface area contributed by atoms with Crippen LogP contribution in [-0.2, 0) is 25.6 Å². The molecule has 1 amide bonds. The minimum absolute atomic E-state index is 0.00306. The Balaban J connectivity index is 0.000000804. The van der Waals surface area contributed by atoms with E-state index in [9.17, 15) is 37.1 Å². The molecule has 2 aliphatic rings. The Hall–Kier alpha value is -3.26. The van der Waals surface area contributed by atoms with E-state index in [0.717, 1.165) is 45.3 Å². The molecule has 48 heavy (non-hydrogen) atoms. The number of amides is 1. The molecule has 0 aromatic heterocycles. The molecule has 0 saturated carbocycles. The fraction of sp³-hybridized carbons (Fsp3) is 0.515. The van der Waals surface area contributed by atoms with Gasteiger partial charge >= 0.3 is 18.1 Å². The largest absolute Gasteiger partial charge is 0.490 e. The number of benzene rings is 2. The number of aldehydes is 1. The molecule has 2 aromatic carbocycles. The zero-order valence-corrected chi connectivity index (χ0v) is 27.7. The van der Waals surface area contributed by atoms with E-state index in [0.29, 0.717) is 60.4 Å². The summed E-state index contributed by atoms with van der Waals surface area (Å²) in [4.78, 5) is 51.2. The van der Waals surface area contributed by atoms with Gasteiger partial charge in [-0.2, -0.15) is 13.2 Å². The zero-order chi connectivity index (χ0) is 35.4. The average molecular weight is 721 g/mol. The highest BCUT2D eigenvalue weighted by molar-refractivity contribution is 6.42. The van der Waals surface area contributed by atoms with Gasteiger partial charge in [0.1, 0.15) is 18.1 Å². The van der Waals surface area contributed by atoms with Crippen LogP contribution in [0.4, 0.5) is 23.2 Å². The number of halogens is 6. The summed E-state index contributed by atoms with van der Waals surface area (Å²) in [5, 5.41) is 17.4. The molecule has 2 fully saturated rings. The second-order valence-electron chi connectivity index (χ2n) is 11.9. The highest BCUT2D eigenvalue weighted by Gasteiger charge is 2.38. The van der Waals surface area contributed by atoms with Gasteiger partial charge in [-0.25, -0.2) is 9.18 Å². The van der Waals surface area contributed by atoms with E-state index in [2.05, 4.69) is 4.90 Å². The van der Waals surface area contributed by atoms with Crippen LogP contribution in [0.5, 0.6) is 0 Å². The van der Waals surface area contributed by atoms with E-state index in [-0.39, 0.29) is 24.1 Å². The van der Waals surface area contributed by atoms with E-state index in [1.807, 2.05) is 18.2 Å². The van der Waals surface area contributed by atoms with Gasteiger partial charge in [0.25, 0.3) is 0 Å². The Morgan fingerprint density at radius 3 is 2.06 bits per heavy atom. The summed E-state index contributed by atoms with van der Waals surface area (Å²) in [5.74, 6) is -3.63. The number of piperidine rings is 2. The van der Waals surface area contributed by atoms with Gasteiger partial charge < -0.3 is 24.8 Å². The fourth-order valence-electron chi connectivity index (χ4n) is 6.02. The first-order valence-electron chi connectivity index (χ1n) is 15.6. The van der Waals surface area contributed by atoms with Crippen LogP contribution in [0.2, 0.25) is 10.0 Å². The van der Waals surface area contributed by atoms with Crippen molar-refractivity contribution in [3.8, 4) is 0 Å². The number of hydrogen-bond donors (Lipinski definition) is 2. The van der Waals surface area contributed by atoms with Crippen LogP contribution >= 0.6 is 23.2 Å². The van der Waals surface area contributed by atoms with Gasteiger partial charge in [-0.15, -0.1) is 0 Å². The molecule has 0 spiro atoms. The molecule has 2 saturated heterocycles. The third-order valence-corrected chi connectivity index (χ3v) is 9.39. The number of rotatable bonds is 12. The summed E-state index contributed by atoms with van der Waals surface area (Å²) in [5.41, 5.74) is 1.88. The third kappa shape index (κ3) is 12.0. The third-order valence-electron chi connectivity index (χ3n) is 8.65. The second-order valence-corrected chi connectivity index (χ2v) is 12.7. The first kappa shape index (κ1) is 39.2. The quantitative estimate of drug-likeness (QED) is 0.197. The van der Waals surface area contributed by atoms with Crippen LogP contribution in [0.25, 0.3) is 0 Å². The molecule has 1 atom stereocenters. The molecule has 4 rings (SSSR count). The maximum atomic E-state index is 13.8. The van der Waals surface area contributed by atoms with Gasteiger partial charge in [0.05, 0.1) is 10.0 Å². The predicted molar refractivity (Wildman–Crippen MR) is 173 cm³/mol. The number of carboxylic acids is 2. The summed E-state index contributed by atoms with van der Waals surface area (Å²) in [6.07, 6.45) is 0.493. The smallest absolute Gasteiger partial charge is 0.480 e. The lowest BCUT2D eigenvalue weighted by molar-refractivity contribution is -0.192. The van der Waals surface area contributed by atoms with Crippen molar-refractivity contribution in [1.82, 2.24) is 9.80 Å². The Labute approximate surface area is 286 Å². The zero-order valence-electron chi connectivity index (χ0n) is 26.2. The van der Waals surface area contributed by atoms with Crippen LogP contribution in [-0.4, -0.2) is 95.6 Å². The van der Waals surface area contributed by atoms with Crippen molar-refractivity contribution in [1.29, 1.82) is 0 Å². The van der Waals surface area contributed by atoms with Crippen molar-refractivity contribution in [2.24, 2.45) is 11.8 Å². The highest BCUT2D eigenvalue weighted by atomic mass is 35.5. The molecule has 1 unspecified atom stereocenters. The standard InChI is InChI=1S/C31H38Cl2FN3O4.C2HF3O2/c32-27-7-6-26(21-28(27)33)37(30(39)24-10-17-36(18-11-24)29(12-19-38)31(40)41)14-1-13-35-15-8-23(9-16-35)20-22-2-4-25(34)5-3-22;3-2(4,5)1(6)7/h2-7,19,21,23-24,29H,1,8-18,20H2,(H,40,41);(H,6,7). The molecule has 0 aliphatic carbocycles. The number of likely N-dealkylation sites (tertiary alicyclic amines) is 2. The Morgan fingerprint density at radius 1 is 0.938 bits per heavy atom. The van der Waals surface area contributed by atoms with Gasteiger partial charge in [0, 0.05) is 24.6 Å². The summed E-state index contributed by atoms with van der Waals surface area (Å²) < 4.78 is 45.0. The van der Waals surface area contributed by atoms with Crippen LogP contribution in [0.3, 0.4) is 0 Å². The highest BCUT2D eigenvalue weighted by Crippen LogP contribution is 2.31. The molecular formula is C33H39Cl2F4N3O6. The van der Waals surface area contributed by atoms with Crippen molar-refractivity contribution in [2.45, 2.75) is 57.2 Å². The van der Waals surface area contributed by atoms with E-state index < -0.39 is 24.2 Å². The topological polar surface area (TPSA) is 118 Å². The SMILES string of the molecule is O=C(O)C(F)(F)F.O=CCC(C(=O)O)N1CCC(C(=O)N(CCCN2CCC(Cc3ccc(F)cc3)CC2)c2ccc(Cl)c(Cl)c2)CC1. The molecule has 2 heterocycles. The summed E-state index contributed by atoms with van der Waals surface area (Å²) in [6.45, 7) is 4.30. The summed E-state index contributed by atoms with van der Waals surface area (Å²) in [7, 11) is 0. The van der Waals surface area contributed by atoms with Gasteiger partial charge in [-0.1, -0.05) is 35.3 Å². The molecule has 15 heteroatoms. The van der Waals surface area contributed by atoms with E-state index in [1.165, 1.54) is 17.7 Å². The molecule has 2 N–H and O–H groups in total. The second kappa shape index (κ2) is 18.5. The maximum absolute atomic E-state index is 13.8. The number of alkyl halides is 3. The average Bonchev–Trinajstić information content (AvgIpc) is 3.05. The number of hydrogen-bond acceptors (Lipinski definition) is 6. The van der Waals surface area contributed by atoms with Gasteiger partial charge in [-0.05, 0) is 113 Å². The van der Waals surface area contributed by atoms with Crippen LogP contribution in [0.15, 0.2) is 42.5 Å². The monoisotopic (exact) mass is 719 g/mol. The van der Waals surface area contributed by atoms with Crippen molar-refractivity contribution in [2.75, 3.05) is 44.2 Å². The minimum Gasteiger partial charge on any atom is -0.480 e. The lowest BCUT2D eigenvalue weighted by atomic mass is 9.90. The van der Waals surface area contributed by atoms with Crippen molar-refractivity contribution < 1.29 is 47.0 Å². The lowest BCUT2D eigenvalue weighted by Crippen LogP contribution is -2.49. The first-order chi connectivity index (χ1) is 22.7. The maximum Gasteiger partial charge on any atom is 0.490 e. The number of carbonyl (C=O) groups is 4. The van der Waals surface area contributed by atoms with E-state index >= 15 is 0 Å². The molecule has 2 aromatic rings. The molecule has 0 bridgehead atoms. The van der Waals surface area contributed by atoms with Crippen LogP contribution in [0, 0.1) is 17.7 Å². The summed E-state index contributed by atoms with van der Waals surface area (Å²) in [6, 6.07) is 11.2. The Morgan fingerprint density at radius 2 is 1.54 bits per heavy atom. The first-order valence-corrected chi connectivity index (χ1v) is 16.4. The van der Waals surface area contributed by atoms with Crippen LogP contribution in [0.1, 0.15) is 44.1 Å². The van der Waals surface area contributed by atoms with Crippen molar-refractivity contribution in [3.63, 3.8) is 0 Å². The molecule has 0 radical (unpaired) electrons. The van der Waals surface area contributed by atoms with Crippen LogP contribution < -0.4 is 4.90 Å². The van der Waals surface area contributed by atoms with Gasteiger partial charge in [0.15, 0.2) is 0 Å². The molecule has 2 aliphatic heterocycles. The van der Waals surface area contributed by atoms with Crippen molar-refractivity contribution >= 4 is 53.0 Å². The normalized spacial score (nSPS) is 17.2. The number of aliphatic carboxylic acids is 2. The Kier molecular flexibility index (Phi) is 15.1. The fourth-order valence-corrected chi connectivity index (χ4v) is 6.31. The predicted octanol–water partition coefficient (Wildman–Crippen LogP) is 6.20. The molecular weight excluding hydrogens is 681 g/mol. The van der Waals surface area contributed by atoms with Gasteiger partial charge in [-0.3, -0.25) is 14.5 Å². The van der Waals surface area contributed by atoms with Gasteiger partial charge in [0.2, 0.25) is 5.91 Å². The van der Waals surface area contributed by atoms with Crippen molar-refractivity contribution in [3.05, 3.63) is 63.9 Å². The summed E-state index contributed by atoms with van der Waals surface area (Å²) >= 11 is 12.5. The Bertz CT molecular complexity index is 1380. The van der Waals surface area contributed by atoms with E-state index in [4.69, 9.17) is 33.1 Å². The lowest BCUT2D eigenvalue weighted by Gasteiger charge is -2.37. The molecule has 9 nitrogen and oxygen atoms in total. The van der Waals surface area contributed by atoms with E-state index in [1.54, 1.807) is 21.9 Å². The number of carboxylic acid groups (broad SMARTS) is 2. The number of carbonyl (C=O) groups excluding carboxylic acids is 2. The minimum atomic E-state index is -5.08.